The first-order valence-electron chi connectivity index (χ1n) is 6.17. The third-order valence-corrected chi connectivity index (χ3v) is 3.05. The Morgan fingerprint density at radius 2 is 1.78 bits per heavy atom. The minimum absolute atomic E-state index is 0.655. The molecule has 2 aromatic rings. The lowest BCUT2D eigenvalue weighted by atomic mass is 10.0. The van der Waals surface area contributed by atoms with Crippen molar-refractivity contribution in [3.05, 3.63) is 70.4 Å². The first kappa shape index (κ1) is 12.4. The zero-order valence-corrected chi connectivity index (χ0v) is 10.8. The van der Waals surface area contributed by atoms with E-state index in [2.05, 4.69) is 13.0 Å². The van der Waals surface area contributed by atoms with Gasteiger partial charge in [-0.3, -0.25) is 0 Å². The van der Waals surface area contributed by atoms with E-state index in [1.165, 1.54) is 5.56 Å². The van der Waals surface area contributed by atoms with Crippen LogP contribution in [0.5, 0.6) is 0 Å². The molecule has 18 heavy (non-hydrogen) atoms. The minimum atomic E-state index is 0.655. The highest BCUT2D eigenvalue weighted by atomic mass is 16.5. The lowest BCUT2D eigenvalue weighted by Crippen LogP contribution is -2.03. The molecule has 2 aromatic carbocycles. The molecule has 0 radical (unpaired) electrons. The number of benzene rings is 2. The second-order valence-corrected chi connectivity index (χ2v) is 4.29. The van der Waals surface area contributed by atoms with E-state index in [-0.39, 0.29) is 0 Å². The van der Waals surface area contributed by atoms with Crippen LogP contribution in [0, 0.1) is 12.1 Å². The molecule has 2 nitrogen and oxygen atoms in total. The molecule has 0 saturated carbocycles. The van der Waals surface area contributed by atoms with Gasteiger partial charge in [-0.05, 0) is 24.5 Å². The van der Waals surface area contributed by atoms with Crippen LogP contribution in [-0.2, 0) is 6.42 Å². The van der Waals surface area contributed by atoms with Crippen LogP contribution in [0.4, 0.5) is 5.69 Å². The third-order valence-electron chi connectivity index (χ3n) is 3.05. The van der Waals surface area contributed by atoms with Crippen LogP contribution in [0.3, 0.4) is 0 Å². The van der Waals surface area contributed by atoms with Crippen molar-refractivity contribution >= 4 is 11.9 Å². The van der Waals surface area contributed by atoms with Gasteiger partial charge in [0, 0.05) is 17.7 Å². The fourth-order valence-electron chi connectivity index (χ4n) is 2.00. The Labute approximate surface area is 108 Å². The summed E-state index contributed by atoms with van der Waals surface area (Å²) >= 11 is 0. The summed E-state index contributed by atoms with van der Waals surface area (Å²) in [5.41, 5.74) is 4.01. The Morgan fingerprint density at radius 3 is 2.44 bits per heavy atom. The number of hydrogen-bond donors (Lipinski definition) is 0. The molecule has 0 spiro atoms. The van der Waals surface area contributed by atoms with Crippen molar-refractivity contribution in [2.24, 2.45) is 0 Å². The van der Waals surface area contributed by atoms with Gasteiger partial charge in [-0.15, -0.1) is 0 Å². The van der Waals surface area contributed by atoms with Gasteiger partial charge in [0.15, 0.2) is 6.21 Å². The average Bonchev–Trinajstić information content (AvgIpc) is 2.42. The van der Waals surface area contributed by atoms with Gasteiger partial charge in [0.1, 0.15) is 0 Å². The summed E-state index contributed by atoms with van der Waals surface area (Å²) in [6, 6.07) is 15.4. The van der Waals surface area contributed by atoms with Gasteiger partial charge >= 0.3 is 0 Å². The monoisotopic (exact) mass is 239 g/mol. The Balaban J connectivity index is 2.45. The SMILES string of the molecule is CCc1cccc(C)c1C=[N+]([O-])c1ccccc1. The van der Waals surface area contributed by atoms with Gasteiger partial charge in [0.05, 0.1) is 0 Å². The maximum atomic E-state index is 12.1. The third kappa shape index (κ3) is 2.59. The molecule has 0 aromatic heterocycles. The number of para-hydroxylation sites is 1. The van der Waals surface area contributed by atoms with Gasteiger partial charge in [0.25, 0.3) is 0 Å². The molecule has 92 valence electrons. The van der Waals surface area contributed by atoms with E-state index in [0.717, 1.165) is 22.3 Å². The molecule has 2 rings (SSSR count). The average molecular weight is 239 g/mol. The Morgan fingerprint density at radius 1 is 1.06 bits per heavy atom. The van der Waals surface area contributed by atoms with E-state index >= 15 is 0 Å². The van der Waals surface area contributed by atoms with Gasteiger partial charge in [-0.2, -0.15) is 4.74 Å². The quantitative estimate of drug-likeness (QED) is 0.346. The predicted octanol–water partition coefficient (Wildman–Crippen LogP) is 3.82. The van der Waals surface area contributed by atoms with Gasteiger partial charge < -0.3 is 5.21 Å². The maximum absolute atomic E-state index is 12.1. The number of nitrogens with zero attached hydrogens (tertiary/aromatic N) is 1. The first-order chi connectivity index (χ1) is 8.72. The molecule has 0 atom stereocenters. The highest BCUT2D eigenvalue weighted by Crippen LogP contribution is 2.15. The number of hydrogen-bond acceptors (Lipinski definition) is 1. The van der Waals surface area contributed by atoms with E-state index < -0.39 is 0 Å². The standard InChI is InChI=1S/C16H17NO/c1-3-14-9-7-8-13(2)16(14)12-17(18)15-10-5-4-6-11-15/h4-12H,3H2,1-2H3. The molecule has 0 aliphatic carbocycles. The summed E-state index contributed by atoms with van der Waals surface area (Å²) in [5, 5.41) is 12.1. The normalized spacial score (nSPS) is 11.6. The van der Waals surface area contributed by atoms with Crippen molar-refractivity contribution < 1.29 is 4.74 Å². The lowest BCUT2D eigenvalue weighted by molar-refractivity contribution is -0.354. The summed E-state index contributed by atoms with van der Waals surface area (Å²) in [7, 11) is 0. The highest BCUT2D eigenvalue weighted by Gasteiger charge is 2.06. The van der Waals surface area contributed by atoms with E-state index in [9.17, 15) is 5.21 Å². The molecule has 0 bridgehead atoms. The molecule has 0 unspecified atom stereocenters. The second kappa shape index (κ2) is 5.50. The summed E-state index contributed by atoms with van der Waals surface area (Å²) < 4.78 is 0.932. The minimum Gasteiger partial charge on any atom is -0.618 e. The topological polar surface area (TPSA) is 26.1 Å². The summed E-state index contributed by atoms with van der Waals surface area (Å²) in [6.07, 6.45) is 2.60. The van der Waals surface area contributed by atoms with Crippen LogP contribution < -0.4 is 0 Å². The molecule has 0 N–H and O–H groups in total. The summed E-state index contributed by atoms with van der Waals surface area (Å²) in [5.74, 6) is 0. The summed E-state index contributed by atoms with van der Waals surface area (Å²) in [6.45, 7) is 4.13. The Bertz CT molecular complexity index is 559. The molecule has 0 saturated heterocycles. The van der Waals surface area contributed by atoms with Crippen LogP contribution >= 0.6 is 0 Å². The van der Waals surface area contributed by atoms with Crippen LogP contribution in [-0.4, -0.2) is 11.0 Å². The van der Waals surface area contributed by atoms with E-state index in [1.54, 1.807) is 6.21 Å². The fourth-order valence-corrected chi connectivity index (χ4v) is 2.00. The van der Waals surface area contributed by atoms with Crippen molar-refractivity contribution in [3.8, 4) is 0 Å². The van der Waals surface area contributed by atoms with Gasteiger partial charge in [-0.25, -0.2) is 0 Å². The molecule has 0 heterocycles. The van der Waals surface area contributed by atoms with E-state index in [1.807, 2.05) is 49.4 Å². The lowest BCUT2D eigenvalue weighted by Gasteiger charge is -2.07. The van der Waals surface area contributed by atoms with Crippen molar-refractivity contribution in [1.29, 1.82) is 0 Å². The van der Waals surface area contributed by atoms with Crippen molar-refractivity contribution in [3.63, 3.8) is 0 Å². The first-order valence-corrected chi connectivity index (χ1v) is 6.17. The predicted molar refractivity (Wildman–Crippen MR) is 75.5 cm³/mol. The highest BCUT2D eigenvalue weighted by molar-refractivity contribution is 5.81. The van der Waals surface area contributed by atoms with Crippen LogP contribution in [0.1, 0.15) is 23.6 Å². The molecule has 0 aliphatic heterocycles. The largest absolute Gasteiger partial charge is 0.618 e. The number of aryl methyl sites for hydroxylation is 2. The zero-order chi connectivity index (χ0) is 13.0. The van der Waals surface area contributed by atoms with Gasteiger partial charge in [0.2, 0.25) is 5.69 Å². The zero-order valence-electron chi connectivity index (χ0n) is 10.8. The molecule has 0 amide bonds. The number of rotatable bonds is 3. The van der Waals surface area contributed by atoms with E-state index in [0.29, 0.717) is 5.69 Å². The maximum Gasteiger partial charge on any atom is 0.216 e. The van der Waals surface area contributed by atoms with Crippen LogP contribution in [0.25, 0.3) is 0 Å². The fraction of sp³-hybridized carbons (Fsp3) is 0.188. The molecule has 2 heteroatoms. The Kier molecular flexibility index (Phi) is 3.78. The molecule has 0 aliphatic rings. The van der Waals surface area contributed by atoms with Crippen LogP contribution in [0.15, 0.2) is 48.5 Å². The smallest absolute Gasteiger partial charge is 0.216 e. The van der Waals surface area contributed by atoms with Crippen molar-refractivity contribution in [1.82, 2.24) is 0 Å². The molecular formula is C16H17NO. The molecular weight excluding hydrogens is 222 g/mol. The van der Waals surface area contributed by atoms with E-state index in [4.69, 9.17) is 0 Å². The van der Waals surface area contributed by atoms with Crippen LogP contribution in [0.2, 0.25) is 0 Å². The van der Waals surface area contributed by atoms with Crippen molar-refractivity contribution in [2.45, 2.75) is 20.3 Å². The Hall–Kier alpha value is -2.09. The van der Waals surface area contributed by atoms with Gasteiger partial charge in [-0.1, -0.05) is 43.3 Å². The second-order valence-electron chi connectivity index (χ2n) is 4.29. The van der Waals surface area contributed by atoms with Crippen molar-refractivity contribution in [2.75, 3.05) is 0 Å². The summed E-state index contributed by atoms with van der Waals surface area (Å²) in [4.78, 5) is 0. The molecule has 0 fully saturated rings.